The summed E-state index contributed by atoms with van der Waals surface area (Å²) in [6, 6.07) is 11.5. The standard InChI is InChI=1S/C16H11BrFNO/c1-9-2-4-11-14(6-9)20-8-19-13-5-3-10(17)7-12(13)15(18)16(11)19/h2-7H,8H2,1H3. The van der Waals surface area contributed by atoms with Gasteiger partial charge >= 0.3 is 0 Å². The first-order chi connectivity index (χ1) is 9.65. The molecule has 0 saturated heterocycles. The molecule has 0 unspecified atom stereocenters. The first kappa shape index (κ1) is 12.0. The topological polar surface area (TPSA) is 14.2 Å². The van der Waals surface area contributed by atoms with Crippen molar-refractivity contribution in [3.63, 3.8) is 0 Å². The molecule has 1 aliphatic heterocycles. The monoisotopic (exact) mass is 331 g/mol. The number of hydrogen-bond acceptors (Lipinski definition) is 1. The molecule has 0 atom stereocenters. The summed E-state index contributed by atoms with van der Waals surface area (Å²) >= 11 is 3.39. The van der Waals surface area contributed by atoms with Crippen molar-refractivity contribution >= 4 is 26.8 Å². The number of fused-ring (bicyclic) bond motifs is 5. The van der Waals surface area contributed by atoms with Gasteiger partial charge in [0.2, 0.25) is 0 Å². The lowest BCUT2D eigenvalue weighted by Crippen LogP contribution is -2.12. The quantitative estimate of drug-likeness (QED) is 0.573. The minimum Gasteiger partial charge on any atom is -0.472 e. The Hall–Kier alpha value is -1.81. The molecule has 0 radical (unpaired) electrons. The van der Waals surface area contributed by atoms with Crippen molar-refractivity contribution in [3.8, 4) is 17.0 Å². The predicted molar refractivity (Wildman–Crippen MR) is 80.4 cm³/mol. The van der Waals surface area contributed by atoms with Crippen LogP contribution in [0.5, 0.6) is 5.75 Å². The maximum Gasteiger partial charge on any atom is 0.165 e. The SMILES string of the molecule is Cc1ccc2c(c1)OCn1c-2c(F)c2cc(Br)ccc21. The van der Waals surface area contributed by atoms with Crippen molar-refractivity contribution in [1.29, 1.82) is 0 Å². The first-order valence-electron chi connectivity index (χ1n) is 6.36. The van der Waals surface area contributed by atoms with Crippen molar-refractivity contribution in [3.05, 3.63) is 52.3 Å². The summed E-state index contributed by atoms with van der Waals surface area (Å²) in [6.07, 6.45) is 0. The van der Waals surface area contributed by atoms with Gasteiger partial charge in [-0.1, -0.05) is 22.0 Å². The van der Waals surface area contributed by atoms with E-state index in [1.165, 1.54) is 0 Å². The lowest BCUT2D eigenvalue weighted by atomic mass is 10.1. The van der Waals surface area contributed by atoms with Gasteiger partial charge in [-0.2, -0.15) is 0 Å². The Kier molecular flexibility index (Phi) is 2.45. The van der Waals surface area contributed by atoms with Crippen molar-refractivity contribution in [2.45, 2.75) is 13.7 Å². The maximum atomic E-state index is 14.8. The van der Waals surface area contributed by atoms with Crippen LogP contribution in [0.15, 0.2) is 40.9 Å². The Balaban J connectivity index is 2.10. The Labute approximate surface area is 123 Å². The van der Waals surface area contributed by atoms with Crippen LogP contribution in [0, 0.1) is 12.7 Å². The molecule has 3 aromatic rings. The van der Waals surface area contributed by atoms with Gasteiger partial charge in [0.1, 0.15) is 5.75 Å². The third kappa shape index (κ3) is 1.54. The smallest absolute Gasteiger partial charge is 0.165 e. The summed E-state index contributed by atoms with van der Waals surface area (Å²) < 4.78 is 23.3. The van der Waals surface area contributed by atoms with Gasteiger partial charge in [0.15, 0.2) is 12.5 Å². The summed E-state index contributed by atoms with van der Waals surface area (Å²) in [5, 5.41) is 0.617. The van der Waals surface area contributed by atoms with E-state index in [1.54, 1.807) is 0 Å². The first-order valence-corrected chi connectivity index (χ1v) is 7.15. The lowest BCUT2D eigenvalue weighted by Gasteiger charge is -2.21. The van der Waals surface area contributed by atoms with Gasteiger partial charge in [-0.05, 0) is 42.8 Å². The van der Waals surface area contributed by atoms with Crippen LogP contribution in [0.2, 0.25) is 0 Å². The molecule has 0 fully saturated rings. The van der Waals surface area contributed by atoms with Crippen LogP contribution in [-0.2, 0) is 6.73 Å². The fraction of sp³-hybridized carbons (Fsp3) is 0.125. The molecule has 0 bridgehead atoms. The Morgan fingerprint density at radius 1 is 1.20 bits per heavy atom. The Morgan fingerprint density at radius 3 is 2.90 bits per heavy atom. The summed E-state index contributed by atoms with van der Waals surface area (Å²) in [7, 11) is 0. The normalized spacial score (nSPS) is 12.9. The number of benzene rings is 2. The zero-order chi connectivity index (χ0) is 13.9. The van der Waals surface area contributed by atoms with Gasteiger partial charge in [0.05, 0.1) is 11.2 Å². The summed E-state index contributed by atoms with van der Waals surface area (Å²) in [6.45, 7) is 2.34. The molecule has 4 heteroatoms. The van der Waals surface area contributed by atoms with Crippen LogP contribution < -0.4 is 4.74 Å². The van der Waals surface area contributed by atoms with Gasteiger partial charge in [-0.25, -0.2) is 4.39 Å². The second-order valence-electron chi connectivity index (χ2n) is 5.03. The van der Waals surface area contributed by atoms with E-state index >= 15 is 0 Å². The van der Waals surface area contributed by atoms with E-state index in [0.717, 1.165) is 26.9 Å². The molecule has 1 aliphatic rings. The number of aromatic nitrogens is 1. The number of halogens is 2. The summed E-state index contributed by atoms with van der Waals surface area (Å²) in [4.78, 5) is 0. The maximum absolute atomic E-state index is 14.8. The van der Waals surface area contributed by atoms with Crippen molar-refractivity contribution in [2.24, 2.45) is 0 Å². The molecule has 2 nitrogen and oxygen atoms in total. The van der Waals surface area contributed by atoms with Gasteiger partial charge in [-0.15, -0.1) is 0 Å². The highest BCUT2D eigenvalue weighted by Gasteiger charge is 2.25. The molecular formula is C16H11BrFNO. The average Bonchev–Trinajstić information content (AvgIpc) is 2.72. The highest BCUT2D eigenvalue weighted by molar-refractivity contribution is 9.10. The predicted octanol–water partition coefficient (Wildman–Crippen LogP) is 4.87. The number of hydrogen-bond donors (Lipinski definition) is 0. The van der Waals surface area contributed by atoms with E-state index in [9.17, 15) is 4.39 Å². The molecular weight excluding hydrogens is 321 g/mol. The van der Waals surface area contributed by atoms with Crippen molar-refractivity contribution in [1.82, 2.24) is 4.57 Å². The zero-order valence-corrected chi connectivity index (χ0v) is 12.4. The molecule has 4 rings (SSSR count). The number of nitrogens with zero attached hydrogens (tertiary/aromatic N) is 1. The third-order valence-electron chi connectivity index (χ3n) is 3.71. The summed E-state index contributed by atoms with van der Waals surface area (Å²) in [5.74, 6) is 0.563. The van der Waals surface area contributed by atoms with Crippen LogP contribution in [-0.4, -0.2) is 4.57 Å². The lowest BCUT2D eigenvalue weighted by molar-refractivity contribution is 0.234. The molecule has 0 aliphatic carbocycles. The van der Waals surface area contributed by atoms with Gasteiger partial charge < -0.3 is 9.30 Å². The van der Waals surface area contributed by atoms with Crippen molar-refractivity contribution < 1.29 is 9.13 Å². The fourth-order valence-electron chi connectivity index (χ4n) is 2.76. The van der Waals surface area contributed by atoms with E-state index in [1.807, 2.05) is 47.9 Å². The van der Waals surface area contributed by atoms with Crippen molar-refractivity contribution in [2.75, 3.05) is 0 Å². The molecule has 1 aromatic heterocycles. The van der Waals surface area contributed by atoms with Crippen LogP contribution in [0.3, 0.4) is 0 Å². The molecule has 0 saturated carbocycles. The number of rotatable bonds is 0. The molecule has 100 valence electrons. The van der Waals surface area contributed by atoms with Crippen LogP contribution in [0.1, 0.15) is 5.56 Å². The van der Waals surface area contributed by atoms with E-state index in [-0.39, 0.29) is 5.82 Å². The van der Waals surface area contributed by atoms with Crippen LogP contribution >= 0.6 is 15.9 Å². The molecule has 0 amide bonds. The van der Waals surface area contributed by atoms with Gasteiger partial charge in [0, 0.05) is 15.4 Å². The Morgan fingerprint density at radius 2 is 2.05 bits per heavy atom. The minimum atomic E-state index is -0.185. The van der Waals surface area contributed by atoms with Crippen LogP contribution in [0.25, 0.3) is 22.2 Å². The van der Waals surface area contributed by atoms with Crippen LogP contribution in [0.4, 0.5) is 4.39 Å². The third-order valence-corrected chi connectivity index (χ3v) is 4.20. The fourth-order valence-corrected chi connectivity index (χ4v) is 3.12. The summed E-state index contributed by atoms with van der Waals surface area (Å²) in [5.41, 5.74) is 3.38. The Bertz CT molecular complexity index is 853. The molecule has 2 heterocycles. The molecule has 20 heavy (non-hydrogen) atoms. The average molecular weight is 332 g/mol. The zero-order valence-electron chi connectivity index (χ0n) is 10.8. The largest absolute Gasteiger partial charge is 0.472 e. The van der Waals surface area contributed by atoms with E-state index in [4.69, 9.17) is 4.74 Å². The number of ether oxygens (including phenoxy) is 1. The van der Waals surface area contributed by atoms with E-state index in [2.05, 4.69) is 15.9 Å². The molecule has 2 aromatic carbocycles. The van der Waals surface area contributed by atoms with Gasteiger partial charge in [-0.3, -0.25) is 0 Å². The minimum absolute atomic E-state index is 0.185. The molecule has 0 spiro atoms. The second-order valence-corrected chi connectivity index (χ2v) is 5.94. The van der Waals surface area contributed by atoms with E-state index in [0.29, 0.717) is 17.8 Å². The number of aryl methyl sites for hydroxylation is 1. The van der Waals surface area contributed by atoms with E-state index < -0.39 is 0 Å². The second kappa shape index (κ2) is 4.09. The molecule has 0 N–H and O–H groups in total. The highest BCUT2D eigenvalue weighted by atomic mass is 79.9. The van der Waals surface area contributed by atoms with Gasteiger partial charge in [0.25, 0.3) is 0 Å². The highest BCUT2D eigenvalue weighted by Crippen LogP contribution is 2.41.